The van der Waals surface area contributed by atoms with Crippen LogP contribution in [0.2, 0.25) is 0 Å². The van der Waals surface area contributed by atoms with Gasteiger partial charge in [-0.05, 0) is 59.7 Å². The van der Waals surface area contributed by atoms with E-state index in [-0.39, 0.29) is 0 Å². The van der Waals surface area contributed by atoms with Crippen LogP contribution in [0.5, 0.6) is 0 Å². The summed E-state index contributed by atoms with van der Waals surface area (Å²) in [7, 11) is 12.5. The smallest absolute Gasteiger partial charge is 0.213 e. The highest BCUT2D eigenvalue weighted by molar-refractivity contribution is 6.02. The van der Waals surface area contributed by atoms with E-state index in [2.05, 4.69) is 170 Å². The Morgan fingerprint density at radius 2 is 0.816 bits per heavy atom. The lowest BCUT2D eigenvalue weighted by molar-refractivity contribution is -0.648. The van der Waals surface area contributed by atoms with E-state index in [9.17, 15) is 0 Å². The number of anilines is 2. The Balaban J connectivity index is 1.44. The standard InChI is InChI=1S/C34H36N4/c1-35(2)27-13-7-25(8-14-27)11-17-29-19-21-31-32-22-20-30(38(6)34(32)24-23-33(31)37(29)5)18-12-26-9-15-28(16-10-26)36(3)4/h7-24H,1-6H3/q+2. The summed E-state index contributed by atoms with van der Waals surface area (Å²) in [6.07, 6.45) is 8.73. The number of hydrogen-bond acceptors (Lipinski definition) is 2. The van der Waals surface area contributed by atoms with E-state index in [0.717, 1.165) is 11.4 Å². The second-order valence-corrected chi connectivity index (χ2v) is 10.2. The molecule has 0 saturated heterocycles. The molecule has 38 heavy (non-hydrogen) atoms. The number of fused-ring (bicyclic) bond motifs is 3. The van der Waals surface area contributed by atoms with Crippen molar-refractivity contribution in [2.45, 2.75) is 0 Å². The Bertz CT molecular complexity index is 1530. The van der Waals surface area contributed by atoms with Gasteiger partial charge in [-0.25, -0.2) is 0 Å². The molecule has 4 heteroatoms. The maximum Gasteiger partial charge on any atom is 0.213 e. The van der Waals surface area contributed by atoms with Gasteiger partial charge < -0.3 is 9.80 Å². The summed E-state index contributed by atoms with van der Waals surface area (Å²) in [5, 5.41) is 2.51. The Labute approximate surface area is 226 Å². The number of benzene rings is 3. The van der Waals surface area contributed by atoms with Crippen LogP contribution in [0.4, 0.5) is 11.4 Å². The van der Waals surface area contributed by atoms with Crippen molar-refractivity contribution in [2.24, 2.45) is 14.1 Å². The van der Waals surface area contributed by atoms with E-state index in [4.69, 9.17) is 0 Å². The van der Waals surface area contributed by atoms with Crippen LogP contribution in [0, 0.1) is 0 Å². The van der Waals surface area contributed by atoms with Crippen molar-refractivity contribution >= 4 is 57.5 Å². The van der Waals surface area contributed by atoms with Crippen LogP contribution >= 0.6 is 0 Å². The first-order chi connectivity index (χ1) is 18.3. The first kappa shape index (κ1) is 25.2. The van der Waals surface area contributed by atoms with Gasteiger partial charge in [-0.3, -0.25) is 0 Å². The SMILES string of the molecule is CN(C)c1ccc(/C=C/c2ccc3c4ccc(/C=C/c5ccc(N(C)C)cc5)[n+](C)c4ccc3[n+]2C)cc1. The molecule has 5 aromatic rings. The predicted molar refractivity (Wildman–Crippen MR) is 163 cm³/mol. The van der Waals surface area contributed by atoms with Crippen molar-refractivity contribution < 1.29 is 9.13 Å². The zero-order valence-corrected chi connectivity index (χ0v) is 23.2. The van der Waals surface area contributed by atoms with Gasteiger partial charge in [-0.15, -0.1) is 0 Å². The van der Waals surface area contributed by atoms with Crippen molar-refractivity contribution in [2.75, 3.05) is 38.0 Å². The van der Waals surface area contributed by atoms with E-state index >= 15 is 0 Å². The van der Waals surface area contributed by atoms with Crippen LogP contribution in [-0.4, -0.2) is 28.2 Å². The minimum absolute atomic E-state index is 1.16. The Morgan fingerprint density at radius 3 is 1.16 bits per heavy atom. The summed E-state index contributed by atoms with van der Waals surface area (Å²) in [4.78, 5) is 4.23. The van der Waals surface area contributed by atoms with Crippen molar-refractivity contribution in [3.05, 3.63) is 107 Å². The molecule has 0 amide bonds. The van der Waals surface area contributed by atoms with Crippen LogP contribution in [0.1, 0.15) is 22.5 Å². The molecule has 0 radical (unpaired) electrons. The fourth-order valence-electron chi connectivity index (χ4n) is 4.85. The third kappa shape index (κ3) is 5.03. The average Bonchev–Trinajstić information content (AvgIpc) is 2.92. The number of nitrogens with zero attached hydrogens (tertiary/aromatic N) is 4. The van der Waals surface area contributed by atoms with E-state index in [1.165, 1.54) is 44.3 Å². The number of pyridine rings is 2. The van der Waals surface area contributed by atoms with Gasteiger partial charge in [0.15, 0.2) is 0 Å². The van der Waals surface area contributed by atoms with Crippen LogP contribution in [0.15, 0.2) is 84.9 Å². The zero-order valence-electron chi connectivity index (χ0n) is 23.2. The number of aryl methyl sites for hydroxylation is 2. The summed E-state index contributed by atoms with van der Waals surface area (Å²) in [6.45, 7) is 0. The van der Waals surface area contributed by atoms with Crippen molar-refractivity contribution in [3.63, 3.8) is 0 Å². The topological polar surface area (TPSA) is 14.2 Å². The lowest BCUT2D eigenvalue weighted by atomic mass is 10.1. The monoisotopic (exact) mass is 500 g/mol. The summed E-state index contributed by atoms with van der Waals surface area (Å²) >= 11 is 0. The molecule has 190 valence electrons. The summed E-state index contributed by atoms with van der Waals surface area (Å²) in [6, 6.07) is 30.6. The van der Waals surface area contributed by atoms with Crippen molar-refractivity contribution in [3.8, 4) is 0 Å². The lowest BCUT2D eigenvalue weighted by Gasteiger charge is -2.11. The Hall–Kier alpha value is -4.44. The molecular formula is C34H36N4+2. The minimum atomic E-state index is 1.16. The fraction of sp³-hybridized carbons (Fsp3) is 0.176. The maximum absolute atomic E-state index is 2.27. The molecule has 3 aromatic carbocycles. The number of hydrogen-bond donors (Lipinski definition) is 0. The van der Waals surface area contributed by atoms with Gasteiger partial charge in [0.25, 0.3) is 0 Å². The van der Waals surface area contributed by atoms with Crippen molar-refractivity contribution in [1.82, 2.24) is 0 Å². The van der Waals surface area contributed by atoms with Gasteiger partial charge in [0.2, 0.25) is 22.4 Å². The third-order valence-corrected chi connectivity index (χ3v) is 7.29. The molecular weight excluding hydrogens is 464 g/mol. The van der Waals surface area contributed by atoms with Gasteiger partial charge in [-0.1, -0.05) is 24.3 Å². The highest BCUT2D eigenvalue weighted by Crippen LogP contribution is 2.23. The van der Waals surface area contributed by atoms with E-state index in [0.29, 0.717) is 0 Å². The second kappa shape index (κ2) is 10.5. The molecule has 0 unspecified atom stereocenters. The largest absolute Gasteiger partial charge is 0.378 e. The lowest BCUT2D eigenvalue weighted by Crippen LogP contribution is -2.34. The highest BCUT2D eigenvalue weighted by atomic mass is 15.1. The quantitative estimate of drug-likeness (QED) is 0.206. The summed E-state index contributed by atoms with van der Waals surface area (Å²) in [5.74, 6) is 0. The number of aromatic nitrogens is 2. The third-order valence-electron chi connectivity index (χ3n) is 7.29. The van der Waals surface area contributed by atoms with Crippen LogP contribution in [0.3, 0.4) is 0 Å². The number of rotatable bonds is 6. The van der Waals surface area contributed by atoms with Crippen molar-refractivity contribution in [1.29, 1.82) is 0 Å². The van der Waals surface area contributed by atoms with E-state index in [1.807, 2.05) is 0 Å². The molecule has 2 aromatic heterocycles. The minimum Gasteiger partial charge on any atom is -0.378 e. The molecule has 0 aliphatic heterocycles. The Morgan fingerprint density at radius 1 is 0.447 bits per heavy atom. The molecule has 5 rings (SSSR count). The van der Waals surface area contributed by atoms with Gasteiger partial charge in [-0.2, -0.15) is 9.13 Å². The molecule has 4 nitrogen and oxygen atoms in total. The van der Waals surface area contributed by atoms with Crippen LogP contribution < -0.4 is 18.9 Å². The molecule has 0 fully saturated rings. The summed E-state index contributed by atoms with van der Waals surface area (Å²) in [5.41, 5.74) is 9.55. The molecule has 0 spiro atoms. The summed E-state index contributed by atoms with van der Waals surface area (Å²) < 4.78 is 4.54. The first-order valence-electron chi connectivity index (χ1n) is 13.0. The molecule has 0 N–H and O–H groups in total. The van der Waals surface area contributed by atoms with Gasteiger partial charge >= 0.3 is 0 Å². The van der Waals surface area contributed by atoms with Crippen LogP contribution in [0.25, 0.3) is 46.1 Å². The second-order valence-electron chi connectivity index (χ2n) is 10.2. The van der Waals surface area contributed by atoms with Crippen LogP contribution in [-0.2, 0) is 14.1 Å². The zero-order chi connectivity index (χ0) is 26.8. The molecule has 0 saturated carbocycles. The van der Waals surface area contributed by atoms with E-state index in [1.54, 1.807) is 0 Å². The first-order valence-corrected chi connectivity index (χ1v) is 13.0. The normalized spacial score (nSPS) is 11.7. The predicted octanol–water partition coefficient (Wildman–Crippen LogP) is 6.11. The van der Waals surface area contributed by atoms with Gasteiger partial charge in [0, 0.05) is 76.0 Å². The molecule has 0 aliphatic rings. The molecule has 2 heterocycles. The molecule has 0 bridgehead atoms. The fourth-order valence-corrected chi connectivity index (χ4v) is 4.85. The van der Waals surface area contributed by atoms with E-state index < -0.39 is 0 Å². The maximum atomic E-state index is 2.27. The van der Waals surface area contributed by atoms with Gasteiger partial charge in [0.1, 0.15) is 14.1 Å². The molecule has 0 atom stereocenters. The highest BCUT2D eigenvalue weighted by Gasteiger charge is 2.17. The Kier molecular flexibility index (Phi) is 6.97. The molecule has 0 aliphatic carbocycles. The van der Waals surface area contributed by atoms with Gasteiger partial charge in [0.05, 0.1) is 10.8 Å². The average molecular weight is 501 g/mol.